The fourth-order valence-electron chi connectivity index (χ4n) is 1.22. The smallest absolute Gasteiger partial charge is 0.141 e. The molecule has 0 aliphatic heterocycles. The Bertz CT molecular complexity index is 527. The van der Waals surface area contributed by atoms with Crippen molar-refractivity contribution in [3.8, 4) is 0 Å². The Hall–Kier alpha value is -0.590. The van der Waals surface area contributed by atoms with Gasteiger partial charge in [0.1, 0.15) is 5.03 Å². The highest BCUT2D eigenvalue weighted by atomic mass is 79.9. The maximum Gasteiger partial charge on any atom is 0.141 e. The lowest BCUT2D eigenvalue weighted by molar-refractivity contribution is 0.679. The van der Waals surface area contributed by atoms with Crippen LogP contribution in [0.2, 0.25) is 0 Å². The molecule has 2 heterocycles. The number of thiazole rings is 1. The van der Waals surface area contributed by atoms with Crippen LogP contribution in [-0.4, -0.2) is 14.2 Å². The van der Waals surface area contributed by atoms with Crippen LogP contribution < -0.4 is 0 Å². The molecule has 2 aromatic heterocycles. The first-order chi connectivity index (χ1) is 7.66. The summed E-state index contributed by atoms with van der Waals surface area (Å²) in [4.78, 5) is 8.40. The first kappa shape index (κ1) is 11.9. The largest absolute Gasteiger partial charge is 0.252 e. The number of hydrogen-bond donors (Lipinski definition) is 0. The van der Waals surface area contributed by atoms with Crippen LogP contribution in [0.3, 0.4) is 0 Å². The average Bonchev–Trinajstić information content (AvgIpc) is 2.64. The highest BCUT2D eigenvalue weighted by Gasteiger charge is 2.11. The molecule has 0 saturated carbocycles. The van der Waals surface area contributed by atoms with Gasteiger partial charge in [0.2, 0.25) is 0 Å². The van der Waals surface area contributed by atoms with E-state index in [1.165, 1.54) is 0 Å². The van der Waals surface area contributed by atoms with E-state index in [-0.39, 0.29) is 0 Å². The fraction of sp³-hybridized carbons (Fsp3) is 0.200. The summed E-state index contributed by atoms with van der Waals surface area (Å²) in [6.45, 7) is 1.94. The Morgan fingerprint density at radius 1 is 1.56 bits per heavy atom. The van der Waals surface area contributed by atoms with Gasteiger partial charge in [0.15, 0.2) is 0 Å². The van der Waals surface area contributed by atoms with Crippen molar-refractivity contribution >= 4 is 38.1 Å². The Labute approximate surface area is 109 Å². The zero-order chi connectivity index (χ0) is 11.5. The molecule has 84 valence electrons. The molecule has 1 atom stereocenters. The Morgan fingerprint density at radius 3 is 3.00 bits per heavy atom. The van der Waals surface area contributed by atoms with E-state index in [2.05, 4.69) is 25.9 Å². The van der Waals surface area contributed by atoms with Crippen LogP contribution in [0.4, 0.5) is 0 Å². The normalized spacial score (nSPS) is 12.6. The molecule has 2 aromatic rings. The van der Waals surface area contributed by atoms with Crippen molar-refractivity contribution in [3.05, 3.63) is 38.9 Å². The first-order valence-electron chi connectivity index (χ1n) is 4.56. The van der Waals surface area contributed by atoms with Crippen LogP contribution in [0, 0.1) is 6.92 Å². The molecule has 0 fully saturated rings. The topological polar surface area (TPSA) is 42.9 Å². The number of pyridine rings is 1. The van der Waals surface area contributed by atoms with Crippen LogP contribution >= 0.6 is 27.3 Å². The molecule has 0 bridgehead atoms. The van der Waals surface area contributed by atoms with Crippen LogP contribution in [0.5, 0.6) is 0 Å². The highest BCUT2D eigenvalue weighted by Crippen LogP contribution is 2.20. The van der Waals surface area contributed by atoms with E-state index >= 15 is 0 Å². The van der Waals surface area contributed by atoms with E-state index in [4.69, 9.17) is 0 Å². The van der Waals surface area contributed by atoms with E-state index in [1.54, 1.807) is 23.6 Å². The van der Waals surface area contributed by atoms with Crippen molar-refractivity contribution in [2.75, 3.05) is 0 Å². The molecule has 3 nitrogen and oxygen atoms in total. The van der Waals surface area contributed by atoms with Gasteiger partial charge in [0.05, 0.1) is 31.7 Å². The lowest BCUT2D eigenvalue weighted by Crippen LogP contribution is -2.00. The third-order valence-electron chi connectivity index (χ3n) is 1.89. The summed E-state index contributed by atoms with van der Waals surface area (Å²) in [5, 5.41) is 3.50. The number of halogens is 1. The number of hydrogen-bond acceptors (Lipinski definition) is 4. The summed E-state index contributed by atoms with van der Waals surface area (Å²) in [7, 11) is -1.15. The molecular formula is C10H9BrN2OS2. The van der Waals surface area contributed by atoms with Crippen LogP contribution in [0.25, 0.3) is 0 Å². The van der Waals surface area contributed by atoms with E-state index in [0.29, 0.717) is 10.8 Å². The van der Waals surface area contributed by atoms with E-state index in [1.807, 2.05) is 18.4 Å². The van der Waals surface area contributed by atoms with Gasteiger partial charge in [-0.15, -0.1) is 11.3 Å². The second kappa shape index (κ2) is 5.16. The lowest BCUT2D eigenvalue weighted by atomic mass is 10.5. The van der Waals surface area contributed by atoms with Gasteiger partial charge < -0.3 is 0 Å². The van der Waals surface area contributed by atoms with Gasteiger partial charge in [-0.1, -0.05) is 0 Å². The minimum atomic E-state index is -1.15. The average molecular weight is 317 g/mol. The van der Waals surface area contributed by atoms with Gasteiger partial charge in [-0.2, -0.15) is 0 Å². The van der Waals surface area contributed by atoms with Crippen molar-refractivity contribution < 1.29 is 4.21 Å². The Morgan fingerprint density at radius 2 is 2.38 bits per heavy atom. The molecule has 6 heteroatoms. The molecule has 0 aliphatic rings. The summed E-state index contributed by atoms with van der Waals surface area (Å²) in [6, 6.07) is 3.64. The quantitative estimate of drug-likeness (QED) is 0.874. The Balaban J connectivity index is 2.18. The summed E-state index contributed by atoms with van der Waals surface area (Å²) in [5.74, 6) is 0.417. The highest BCUT2D eigenvalue weighted by molar-refractivity contribution is 9.10. The van der Waals surface area contributed by atoms with Crippen molar-refractivity contribution in [3.63, 3.8) is 0 Å². The number of rotatable bonds is 3. The van der Waals surface area contributed by atoms with Crippen molar-refractivity contribution in [1.29, 1.82) is 0 Å². The van der Waals surface area contributed by atoms with Gasteiger partial charge in [-0.05, 0) is 35.0 Å². The van der Waals surface area contributed by atoms with Gasteiger partial charge >= 0.3 is 0 Å². The predicted octanol–water partition coefficient (Wildman–Crippen LogP) is 2.92. The summed E-state index contributed by atoms with van der Waals surface area (Å²) < 4.78 is 12.8. The van der Waals surface area contributed by atoms with Gasteiger partial charge in [-0.3, -0.25) is 4.21 Å². The third kappa shape index (κ3) is 2.75. The standard InChI is InChI=1S/C10H9BrN2OS2/c1-7-13-8(5-15-7)6-16(14)10-9(11)3-2-4-12-10/h2-5H,6H2,1H3/t16-/m0/s1. The lowest BCUT2D eigenvalue weighted by Gasteiger charge is -2.01. The second-order valence-corrected chi connectivity index (χ2v) is 6.42. The monoisotopic (exact) mass is 316 g/mol. The number of aryl methyl sites for hydroxylation is 1. The van der Waals surface area contributed by atoms with Crippen LogP contribution in [0.15, 0.2) is 33.2 Å². The fourth-order valence-corrected chi connectivity index (χ4v) is 3.75. The second-order valence-electron chi connectivity index (χ2n) is 3.14. The molecule has 0 aromatic carbocycles. The molecule has 0 radical (unpaired) electrons. The van der Waals surface area contributed by atoms with Crippen LogP contribution in [0.1, 0.15) is 10.7 Å². The Kier molecular flexibility index (Phi) is 3.83. The molecular weight excluding hydrogens is 308 g/mol. The zero-order valence-corrected chi connectivity index (χ0v) is 11.7. The summed E-state index contributed by atoms with van der Waals surface area (Å²) in [6.07, 6.45) is 1.64. The summed E-state index contributed by atoms with van der Waals surface area (Å²) >= 11 is 4.91. The number of aromatic nitrogens is 2. The molecule has 16 heavy (non-hydrogen) atoms. The van der Waals surface area contributed by atoms with Crippen molar-refractivity contribution in [1.82, 2.24) is 9.97 Å². The van der Waals surface area contributed by atoms with Gasteiger partial charge in [-0.25, -0.2) is 9.97 Å². The molecule has 0 N–H and O–H groups in total. The van der Waals surface area contributed by atoms with E-state index < -0.39 is 10.8 Å². The molecule has 2 rings (SSSR count). The first-order valence-corrected chi connectivity index (χ1v) is 7.56. The van der Waals surface area contributed by atoms with Crippen molar-refractivity contribution in [2.24, 2.45) is 0 Å². The summed E-state index contributed by atoms with van der Waals surface area (Å²) in [5.41, 5.74) is 0.860. The molecule has 0 spiro atoms. The number of nitrogens with zero attached hydrogens (tertiary/aromatic N) is 2. The van der Waals surface area contributed by atoms with E-state index in [0.717, 1.165) is 15.2 Å². The minimum Gasteiger partial charge on any atom is -0.252 e. The maximum atomic E-state index is 12.0. The zero-order valence-electron chi connectivity index (χ0n) is 8.51. The van der Waals surface area contributed by atoms with E-state index in [9.17, 15) is 4.21 Å². The minimum absolute atomic E-state index is 0.417. The molecule has 0 aliphatic carbocycles. The van der Waals surface area contributed by atoms with Crippen molar-refractivity contribution in [2.45, 2.75) is 17.7 Å². The molecule has 0 amide bonds. The predicted molar refractivity (Wildman–Crippen MR) is 68.9 cm³/mol. The molecule has 0 saturated heterocycles. The third-order valence-corrected chi connectivity index (χ3v) is 4.93. The van der Waals surface area contributed by atoms with Crippen LogP contribution in [-0.2, 0) is 16.6 Å². The maximum absolute atomic E-state index is 12.0. The van der Waals surface area contributed by atoms with Gasteiger partial charge in [0.25, 0.3) is 0 Å². The molecule has 0 unspecified atom stereocenters. The SMILES string of the molecule is Cc1nc(C[S@](=O)c2ncccc2Br)cs1. The van der Waals surface area contributed by atoms with Gasteiger partial charge in [0, 0.05) is 11.6 Å².